The van der Waals surface area contributed by atoms with Crippen molar-refractivity contribution in [2.45, 2.75) is 77.9 Å². The minimum Gasteiger partial charge on any atom is -0.308 e. The van der Waals surface area contributed by atoms with Crippen LogP contribution in [-0.4, -0.2) is 35.6 Å². The molecule has 16 heavy (non-hydrogen) atoms. The quantitative estimate of drug-likeness (QED) is 0.775. The topological polar surface area (TPSA) is 15.3 Å². The molecule has 0 saturated carbocycles. The Morgan fingerprint density at radius 1 is 1.25 bits per heavy atom. The molecule has 2 nitrogen and oxygen atoms in total. The Morgan fingerprint density at radius 3 is 2.31 bits per heavy atom. The summed E-state index contributed by atoms with van der Waals surface area (Å²) in [5.41, 5.74) is 0.370. The van der Waals surface area contributed by atoms with Crippen LogP contribution in [-0.2, 0) is 0 Å². The first-order valence-electron chi connectivity index (χ1n) is 7.13. The van der Waals surface area contributed by atoms with Crippen molar-refractivity contribution in [3.8, 4) is 0 Å². The van der Waals surface area contributed by atoms with Gasteiger partial charge in [0.2, 0.25) is 0 Å². The van der Waals surface area contributed by atoms with E-state index in [1.165, 1.54) is 38.8 Å². The third-order valence-electron chi connectivity index (χ3n) is 4.65. The fourth-order valence-corrected chi connectivity index (χ4v) is 2.84. The molecule has 1 aliphatic rings. The van der Waals surface area contributed by atoms with Gasteiger partial charge in [0.25, 0.3) is 0 Å². The van der Waals surface area contributed by atoms with Crippen molar-refractivity contribution < 1.29 is 0 Å². The molecule has 2 atom stereocenters. The second-order valence-electron chi connectivity index (χ2n) is 5.36. The summed E-state index contributed by atoms with van der Waals surface area (Å²) >= 11 is 0. The van der Waals surface area contributed by atoms with Gasteiger partial charge in [0, 0.05) is 30.7 Å². The van der Waals surface area contributed by atoms with E-state index in [2.05, 4.69) is 44.8 Å². The fraction of sp³-hybridized carbons (Fsp3) is 1.00. The van der Waals surface area contributed by atoms with Gasteiger partial charge in [0.15, 0.2) is 0 Å². The van der Waals surface area contributed by atoms with Gasteiger partial charge in [-0.3, -0.25) is 4.90 Å². The zero-order valence-corrected chi connectivity index (χ0v) is 11.8. The van der Waals surface area contributed by atoms with Gasteiger partial charge in [0.05, 0.1) is 0 Å². The minimum absolute atomic E-state index is 0.370. The molecule has 0 aliphatic carbocycles. The van der Waals surface area contributed by atoms with Crippen molar-refractivity contribution in [2.75, 3.05) is 13.1 Å². The summed E-state index contributed by atoms with van der Waals surface area (Å²) < 4.78 is 0. The lowest BCUT2D eigenvalue weighted by Gasteiger charge is -2.49. The number of nitrogens with one attached hydrogen (secondary N) is 1. The lowest BCUT2D eigenvalue weighted by molar-refractivity contribution is 0.0393. The van der Waals surface area contributed by atoms with Gasteiger partial charge >= 0.3 is 0 Å². The number of hydrogen-bond donors (Lipinski definition) is 1. The highest BCUT2D eigenvalue weighted by molar-refractivity contribution is 4.97. The second kappa shape index (κ2) is 6.02. The Labute approximate surface area is 102 Å². The van der Waals surface area contributed by atoms with E-state index in [0.717, 1.165) is 12.1 Å². The number of hydrogen-bond acceptors (Lipinski definition) is 2. The first kappa shape index (κ1) is 14.0. The molecule has 1 saturated heterocycles. The maximum atomic E-state index is 3.80. The van der Waals surface area contributed by atoms with Crippen LogP contribution in [0.3, 0.4) is 0 Å². The molecule has 0 amide bonds. The number of piperazine rings is 1. The van der Waals surface area contributed by atoms with Crippen molar-refractivity contribution >= 4 is 0 Å². The highest BCUT2D eigenvalue weighted by atomic mass is 15.3. The highest BCUT2D eigenvalue weighted by Crippen LogP contribution is 2.26. The van der Waals surface area contributed by atoms with E-state index in [9.17, 15) is 0 Å². The van der Waals surface area contributed by atoms with Crippen LogP contribution in [0.5, 0.6) is 0 Å². The van der Waals surface area contributed by atoms with E-state index in [4.69, 9.17) is 0 Å². The molecule has 1 heterocycles. The van der Waals surface area contributed by atoms with Crippen molar-refractivity contribution in [1.82, 2.24) is 10.2 Å². The van der Waals surface area contributed by atoms with Crippen LogP contribution in [0.25, 0.3) is 0 Å². The maximum absolute atomic E-state index is 3.80. The SMILES string of the molecule is CCC(C)N1CC(CC)(CC)NCC1CC. The van der Waals surface area contributed by atoms with Gasteiger partial charge in [-0.25, -0.2) is 0 Å². The van der Waals surface area contributed by atoms with Crippen molar-refractivity contribution in [1.29, 1.82) is 0 Å². The second-order valence-corrected chi connectivity index (χ2v) is 5.36. The molecule has 1 N–H and O–H groups in total. The first-order chi connectivity index (χ1) is 7.62. The largest absolute Gasteiger partial charge is 0.308 e. The van der Waals surface area contributed by atoms with Crippen LogP contribution in [0.4, 0.5) is 0 Å². The lowest BCUT2D eigenvalue weighted by atomic mass is 9.87. The number of nitrogens with zero attached hydrogens (tertiary/aromatic N) is 1. The summed E-state index contributed by atoms with van der Waals surface area (Å²) in [6, 6.07) is 1.46. The zero-order chi connectivity index (χ0) is 12.2. The molecular weight excluding hydrogens is 196 g/mol. The molecule has 1 fully saturated rings. The minimum atomic E-state index is 0.370. The summed E-state index contributed by atoms with van der Waals surface area (Å²) in [6.07, 6.45) is 5.01. The molecule has 0 aromatic heterocycles. The molecule has 96 valence electrons. The summed E-state index contributed by atoms with van der Waals surface area (Å²) in [4.78, 5) is 2.74. The van der Waals surface area contributed by atoms with Gasteiger partial charge in [-0.2, -0.15) is 0 Å². The van der Waals surface area contributed by atoms with Gasteiger partial charge in [-0.05, 0) is 32.6 Å². The third-order valence-corrected chi connectivity index (χ3v) is 4.65. The van der Waals surface area contributed by atoms with E-state index in [0.29, 0.717) is 5.54 Å². The van der Waals surface area contributed by atoms with Crippen molar-refractivity contribution in [3.63, 3.8) is 0 Å². The molecule has 1 rings (SSSR count). The average Bonchev–Trinajstić information content (AvgIpc) is 2.37. The Balaban J connectivity index is 2.75. The first-order valence-corrected chi connectivity index (χ1v) is 7.13. The molecule has 2 unspecified atom stereocenters. The third kappa shape index (κ3) is 2.78. The molecule has 1 aliphatic heterocycles. The summed E-state index contributed by atoms with van der Waals surface area (Å²) in [6.45, 7) is 14.0. The predicted molar refractivity (Wildman–Crippen MR) is 71.9 cm³/mol. The van der Waals surface area contributed by atoms with Crippen LogP contribution >= 0.6 is 0 Å². The average molecular weight is 226 g/mol. The Morgan fingerprint density at radius 2 is 1.88 bits per heavy atom. The van der Waals surface area contributed by atoms with Crippen LogP contribution in [0.15, 0.2) is 0 Å². The van der Waals surface area contributed by atoms with E-state index in [1.807, 2.05) is 0 Å². The van der Waals surface area contributed by atoms with E-state index >= 15 is 0 Å². The van der Waals surface area contributed by atoms with Gasteiger partial charge in [0.1, 0.15) is 0 Å². The van der Waals surface area contributed by atoms with Crippen LogP contribution in [0.2, 0.25) is 0 Å². The molecule has 0 aromatic rings. The highest BCUT2D eigenvalue weighted by Gasteiger charge is 2.37. The van der Waals surface area contributed by atoms with E-state index < -0.39 is 0 Å². The monoisotopic (exact) mass is 226 g/mol. The van der Waals surface area contributed by atoms with Crippen LogP contribution in [0.1, 0.15) is 60.3 Å². The maximum Gasteiger partial charge on any atom is 0.0304 e. The van der Waals surface area contributed by atoms with Gasteiger partial charge < -0.3 is 5.32 Å². The lowest BCUT2D eigenvalue weighted by Crippen LogP contribution is -2.65. The molecule has 0 radical (unpaired) electrons. The molecule has 0 aromatic carbocycles. The Hall–Kier alpha value is -0.0800. The van der Waals surface area contributed by atoms with Gasteiger partial charge in [-0.15, -0.1) is 0 Å². The predicted octanol–water partition coefficient (Wildman–Crippen LogP) is 3.03. The van der Waals surface area contributed by atoms with Crippen LogP contribution < -0.4 is 5.32 Å². The standard InChI is InChI=1S/C14H30N2/c1-6-12(5)16-11-14(8-3,9-4)15-10-13(16)7-2/h12-13,15H,6-11H2,1-5H3. The van der Waals surface area contributed by atoms with E-state index in [1.54, 1.807) is 0 Å². The smallest absolute Gasteiger partial charge is 0.0304 e. The molecular formula is C14H30N2. The molecule has 0 spiro atoms. The van der Waals surface area contributed by atoms with Crippen molar-refractivity contribution in [3.05, 3.63) is 0 Å². The molecule has 2 heteroatoms. The van der Waals surface area contributed by atoms with Crippen molar-refractivity contribution in [2.24, 2.45) is 0 Å². The Kier molecular flexibility index (Phi) is 5.26. The van der Waals surface area contributed by atoms with Gasteiger partial charge in [-0.1, -0.05) is 27.7 Å². The number of rotatable bonds is 5. The summed E-state index contributed by atoms with van der Waals surface area (Å²) in [5, 5.41) is 3.80. The summed E-state index contributed by atoms with van der Waals surface area (Å²) in [5.74, 6) is 0. The van der Waals surface area contributed by atoms with E-state index in [-0.39, 0.29) is 0 Å². The molecule has 0 bridgehead atoms. The van der Waals surface area contributed by atoms with Crippen LogP contribution in [0, 0.1) is 0 Å². The Bertz CT molecular complexity index is 199. The fourth-order valence-electron chi connectivity index (χ4n) is 2.84. The normalized spacial score (nSPS) is 27.9. The zero-order valence-electron chi connectivity index (χ0n) is 11.8. The summed E-state index contributed by atoms with van der Waals surface area (Å²) in [7, 11) is 0.